The molecule has 0 aliphatic rings. The van der Waals surface area contributed by atoms with Gasteiger partial charge in [-0.2, -0.15) is 4.31 Å². The normalized spacial score (nSPS) is 11.5. The second kappa shape index (κ2) is 5.84. The molecule has 0 aromatic heterocycles. The summed E-state index contributed by atoms with van der Waals surface area (Å²) in [4.78, 5) is 21.3. The predicted octanol–water partition coefficient (Wildman–Crippen LogP) is -1.63. The number of halogens is 1. The molecule has 2 amide bonds. The van der Waals surface area contributed by atoms with Gasteiger partial charge in [0.2, 0.25) is 21.8 Å². The summed E-state index contributed by atoms with van der Waals surface area (Å²) in [5, 5.41) is 0. The number of carbonyl (C=O) groups excluding carboxylic acids is 2. The van der Waals surface area contributed by atoms with Crippen molar-refractivity contribution in [3.05, 3.63) is 24.0 Å². The van der Waals surface area contributed by atoms with Gasteiger partial charge in [-0.15, -0.1) is 0 Å². The van der Waals surface area contributed by atoms with Gasteiger partial charge in [-0.1, -0.05) is 0 Å². The van der Waals surface area contributed by atoms with E-state index in [1.165, 1.54) is 0 Å². The third kappa shape index (κ3) is 3.65. The fourth-order valence-electron chi connectivity index (χ4n) is 1.39. The van der Waals surface area contributed by atoms with Crippen molar-refractivity contribution in [1.29, 1.82) is 0 Å². The number of anilines is 1. The van der Waals surface area contributed by atoms with E-state index in [0.29, 0.717) is 10.4 Å². The Labute approximate surface area is 114 Å². The average Bonchev–Trinajstić information content (AvgIpc) is 2.30. The minimum absolute atomic E-state index is 0.236. The van der Waals surface area contributed by atoms with Crippen molar-refractivity contribution in [3.63, 3.8) is 0 Å². The Morgan fingerprint density at radius 3 is 2.05 bits per heavy atom. The van der Waals surface area contributed by atoms with E-state index in [1.54, 1.807) is 0 Å². The Morgan fingerprint density at radius 2 is 1.65 bits per heavy atom. The summed E-state index contributed by atoms with van der Waals surface area (Å²) >= 11 is 0. The van der Waals surface area contributed by atoms with Crippen molar-refractivity contribution in [2.45, 2.75) is 4.90 Å². The lowest BCUT2D eigenvalue weighted by Gasteiger charge is -2.19. The van der Waals surface area contributed by atoms with Crippen LogP contribution in [0.1, 0.15) is 0 Å². The molecule has 6 N–H and O–H groups in total. The van der Waals surface area contributed by atoms with Crippen LogP contribution in [0.15, 0.2) is 23.1 Å². The molecule has 1 aromatic carbocycles. The number of hydrogen-bond donors (Lipinski definition) is 3. The first kappa shape index (κ1) is 15.9. The van der Waals surface area contributed by atoms with Crippen LogP contribution in [0.25, 0.3) is 0 Å². The molecular weight excluding hydrogens is 291 g/mol. The highest BCUT2D eigenvalue weighted by Gasteiger charge is 2.28. The molecule has 0 bridgehead atoms. The lowest BCUT2D eigenvalue weighted by molar-refractivity contribution is -0.120. The summed E-state index contributed by atoms with van der Waals surface area (Å²) in [5.41, 5.74) is 14.8. The zero-order chi connectivity index (χ0) is 15.5. The average molecular weight is 304 g/mol. The summed E-state index contributed by atoms with van der Waals surface area (Å²) < 4.78 is 38.1. The zero-order valence-electron chi connectivity index (χ0n) is 10.2. The summed E-state index contributed by atoms with van der Waals surface area (Å²) in [6.07, 6.45) is 0. The van der Waals surface area contributed by atoms with Crippen LogP contribution in [0.5, 0.6) is 0 Å². The number of carbonyl (C=O) groups is 2. The molecule has 0 radical (unpaired) electrons. The molecule has 0 aliphatic carbocycles. The Morgan fingerprint density at radius 1 is 1.15 bits per heavy atom. The number of amides is 2. The van der Waals surface area contributed by atoms with Crippen molar-refractivity contribution >= 4 is 27.5 Å². The smallest absolute Gasteiger partial charge is 0.244 e. The highest BCUT2D eigenvalue weighted by atomic mass is 32.2. The molecule has 0 heterocycles. The van der Waals surface area contributed by atoms with E-state index in [-0.39, 0.29) is 5.69 Å². The molecule has 0 fully saturated rings. The van der Waals surface area contributed by atoms with Crippen LogP contribution in [-0.4, -0.2) is 37.6 Å². The van der Waals surface area contributed by atoms with E-state index in [9.17, 15) is 22.4 Å². The van der Waals surface area contributed by atoms with Gasteiger partial charge in [0, 0.05) is 0 Å². The molecule has 8 nitrogen and oxygen atoms in total. The molecule has 0 aliphatic heterocycles. The van der Waals surface area contributed by atoms with Crippen LogP contribution in [0.3, 0.4) is 0 Å². The highest BCUT2D eigenvalue weighted by Crippen LogP contribution is 2.19. The monoisotopic (exact) mass is 304 g/mol. The SMILES string of the molecule is NC(=O)CN(CC(N)=O)S(=O)(=O)c1ccc(N)c(F)c1. The van der Waals surface area contributed by atoms with E-state index >= 15 is 0 Å². The number of nitrogen functional groups attached to an aromatic ring is 1. The number of benzene rings is 1. The van der Waals surface area contributed by atoms with Crippen molar-refractivity contribution in [2.75, 3.05) is 18.8 Å². The van der Waals surface area contributed by atoms with Gasteiger partial charge < -0.3 is 17.2 Å². The van der Waals surface area contributed by atoms with Crippen LogP contribution in [0.2, 0.25) is 0 Å². The molecule has 0 unspecified atom stereocenters. The molecule has 1 rings (SSSR count). The van der Waals surface area contributed by atoms with Crippen LogP contribution < -0.4 is 17.2 Å². The van der Waals surface area contributed by atoms with Gasteiger partial charge in [-0.05, 0) is 18.2 Å². The van der Waals surface area contributed by atoms with Crippen LogP contribution >= 0.6 is 0 Å². The molecule has 0 saturated carbocycles. The fraction of sp³-hybridized carbons (Fsp3) is 0.200. The first-order chi connectivity index (χ1) is 9.14. The van der Waals surface area contributed by atoms with Crippen LogP contribution in [-0.2, 0) is 19.6 Å². The van der Waals surface area contributed by atoms with Crippen LogP contribution in [0, 0.1) is 5.82 Å². The summed E-state index contributed by atoms with van der Waals surface area (Å²) in [6.45, 7) is -1.51. The van der Waals surface area contributed by atoms with Gasteiger partial charge in [-0.25, -0.2) is 12.8 Å². The molecule has 20 heavy (non-hydrogen) atoms. The minimum atomic E-state index is -4.29. The fourth-order valence-corrected chi connectivity index (χ4v) is 2.78. The minimum Gasteiger partial charge on any atom is -0.396 e. The third-order valence-electron chi connectivity index (χ3n) is 2.27. The lowest BCUT2D eigenvalue weighted by atomic mass is 10.3. The number of primary amides is 2. The van der Waals surface area contributed by atoms with Gasteiger partial charge in [-0.3, -0.25) is 9.59 Å². The zero-order valence-corrected chi connectivity index (χ0v) is 11.1. The summed E-state index contributed by atoms with van der Waals surface area (Å²) in [7, 11) is -4.29. The first-order valence-electron chi connectivity index (χ1n) is 5.26. The second-order valence-electron chi connectivity index (χ2n) is 3.89. The van der Waals surface area contributed by atoms with Crippen molar-refractivity contribution < 1.29 is 22.4 Å². The molecule has 0 atom stereocenters. The number of nitrogens with zero attached hydrogens (tertiary/aromatic N) is 1. The molecule has 10 heteroatoms. The predicted molar refractivity (Wildman–Crippen MR) is 68.0 cm³/mol. The first-order valence-corrected chi connectivity index (χ1v) is 6.70. The number of nitrogens with two attached hydrogens (primary N) is 3. The van der Waals surface area contributed by atoms with Gasteiger partial charge >= 0.3 is 0 Å². The van der Waals surface area contributed by atoms with E-state index in [2.05, 4.69) is 0 Å². The van der Waals surface area contributed by atoms with Gasteiger partial charge in [0.15, 0.2) is 0 Å². The molecule has 0 saturated heterocycles. The Hall–Kier alpha value is -2.20. The van der Waals surface area contributed by atoms with Gasteiger partial charge in [0.1, 0.15) is 5.82 Å². The maximum Gasteiger partial charge on any atom is 0.244 e. The quantitative estimate of drug-likeness (QED) is 0.539. The Kier molecular flexibility index (Phi) is 4.63. The molecule has 110 valence electrons. The van der Waals surface area contributed by atoms with Crippen molar-refractivity contribution in [2.24, 2.45) is 11.5 Å². The largest absolute Gasteiger partial charge is 0.396 e. The highest BCUT2D eigenvalue weighted by molar-refractivity contribution is 7.89. The Bertz CT molecular complexity index is 631. The number of sulfonamides is 1. The van der Waals surface area contributed by atoms with Gasteiger partial charge in [0.05, 0.1) is 23.7 Å². The number of hydrogen-bond acceptors (Lipinski definition) is 5. The van der Waals surface area contributed by atoms with Crippen molar-refractivity contribution in [3.8, 4) is 0 Å². The van der Waals surface area contributed by atoms with E-state index < -0.39 is 45.6 Å². The summed E-state index contributed by atoms with van der Waals surface area (Å²) in [6, 6.07) is 2.78. The van der Waals surface area contributed by atoms with Gasteiger partial charge in [0.25, 0.3) is 0 Å². The maximum absolute atomic E-state index is 13.3. The Balaban J connectivity index is 3.24. The molecular formula is C10H13FN4O4S. The summed E-state index contributed by atoms with van der Waals surface area (Å²) in [5.74, 6) is -2.90. The van der Waals surface area contributed by atoms with E-state index in [1.807, 2.05) is 0 Å². The second-order valence-corrected chi connectivity index (χ2v) is 5.83. The third-order valence-corrected chi connectivity index (χ3v) is 4.06. The maximum atomic E-state index is 13.3. The van der Waals surface area contributed by atoms with Crippen molar-refractivity contribution in [1.82, 2.24) is 4.31 Å². The van der Waals surface area contributed by atoms with E-state index in [0.717, 1.165) is 12.1 Å². The standard InChI is InChI=1S/C10H13FN4O4S/c11-7-3-6(1-2-8(7)12)20(18,19)15(4-9(13)16)5-10(14)17/h1-3H,4-5,12H2,(H2,13,16)(H2,14,17). The topological polar surface area (TPSA) is 150 Å². The number of rotatable bonds is 6. The van der Waals surface area contributed by atoms with Crippen LogP contribution in [0.4, 0.5) is 10.1 Å². The lowest BCUT2D eigenvalue weighted by Crippen LogP contribution is -2.43. The molecule has 0 spiro atoms. The molecule has 1 aromatic rings. The van der Waals surface area contributed by atoms with E-state index in [4.69, 9.17) is 17.2 Å².